The van der Waals surface area contributed by atoms with Gasteiger partial charge in [0.2, 0.25) is 11.7 Å². The highest BCUT2D eigenvalue weighted by Gasteiger charge is 2.19. The number of nitrogens with zero attached hydrogens (tertiary/aromatic N) is 2. The van der Waals surface area contributed by atoms with E-state index in [9.17, 15) is 9.18 Å². The van der Waals surface area contributed by atoms with Gasteiger partial charge in [0.25, 0.3) is 0 Å². The molecule has 18 heavy (non-hydrogen) atoms. The van der Waals surface area contributed by atoms with E-state index in [-0.39, 0.29) is 17.5 Å². The summed E-state index contributed by atoms with van der Waals surface area (Å²) in [6.45, 7) is 3.13. The first-order valence-corrected chi connectivity index (χ1v) is 6.07. The Hall–Kier alpha value is -1.56. The van der Waals surface area contributed by atoms with Crippen LogP contribution in [0.5, 0.6) is 0 Å². The Balaban J connectivity index is 2.37. The second-order valence-electron chi connectivity index (χ2n) is 3.95. The Morgan fingerprint density at radius 1 is 1.44 bits per heavy atom. The topological polar surface area (TPSA) is 56.0 Å². The molecule has 6 heteroatoms. The summed E-state index contributed by atoms with van der Waals surface area (Å²) in [5.74, 6) is -0.421. The van der Waals surface area contributed by atoms with Gasteiger partial charge in [-0.25, -0.2) is 4.39 Å². The molecule has 1 unspecified atom stereocenters. The van der Waals surface area contributed by atoms with Gasteiger partial charge in [-0.2, -0.15) is 4.98 Å². The van der Waals surface area contributed by atoms with Crippen LogP contribution in [0.2, 0.25) is 0 Å². The normalized spacial score (nSPS) is 12.4. The molecule has 2 rings (SSSR count). The maximum atomic E-state index is 13.2. The predicted molar refractivity (Wildman–Crippen MR) is 66.5 cm³/mol. The summed E-state index contributed by atoms with van der Waals surface area (Å²) in [6.07, 6.45) is 0. The minimum Gasteiger partial charge on any atom is -0.338 e. The molecule has 1 heterocycles. The van der Waals surface area contributed by atoms with Crippen LogP contribution in [0.25, 0.3) is 11.4 Å². The maximum Gasteiger partial charge on any atom is 0.237 e. The average molecular weight is 313 g/mol. The van der Waals surface area contributed by atoms with E-state index in [1.807, 2.05) is 0 Å². The van der Waals surface area contributed by atoms with E-state index in [4.69, 9.17) is 4.52 Å². The second-order valence-corrected chi connectivity index (χ2v) is 4.86. The summed E-state index contributed by atoms with van der Waals surface area (Å²) in [5.41, 5.74) is 0.493. The Bertz CT molecular complexity index is 577. The van der Waals surface area contributed by atoms with E-state index in [1.54, 1.807) is 13.0 Å². The number of Topliss-reactive ketones (excluding diaryl/α,β-unsaturated/α-hetero) is 1. The van der Waals surface area contributed by atoms with Crippen LogP contribution in [0.3, 0.4) is 0 Å². The zero-order valence-electron chi connectivity index (χ0n) is 9.78. The Morgan fingerprint density at radius 2 is 2.17 bits per heavy atom. The van der Waals surface area contributed by atoms with Crippen molar-refractivity contribution in [3.05, 3.63) is 34.4 Å². The molecule has 4 nitrogen and oxygen atoms in total. The molecule has 0 N–H and O–H groups in total. The lowest BCUT2D eigenvalue weighted by molar-refractivity contribution is -0.118. The molecule has 0 spiro atoms. The van der Waals surface area contributed by atoms with Gasteiger partial charge in [-0.3, -0.25) is 4.79 Å². The highest BCUT2D eigenvalue weighted by molar-refractivity contribution is 9.10. The molecule has 0 aliphatic rings. The number of aromatic nitrogens is 2. The van der Waals surface area contributed by atoms with E-state index in [1.165, 1.54) is 19.1 Å². The number of carbonyl (C=O) groups is 1. The molecule has 0 radical (unpaired) electrons. The van der Waals surface area contributed by atoms with Gasteiger partial charge in [-0.15, -0.1) is 0 Å². The largest absolute Gasteiger partial charge is 0.338 e. The highest BCUT2D eigenvalue weighted by atomic mass is 79.9. The molecule has 0 saturated heterocycles. The van der Waals surface area contributed by atoms with Crippen molar-refractivity contribution in [2.24, 2.45) is 0 Å². The monoisotopic (exact) mass is 312 g/mol. The Kier molecular flexibility index (Phi) is 3.56. The Morgan fingerprint density at radius 3 is 2.78 bits per heavy atom. The summed E-state index contributed by atoms with van der Waals surface area (Å²) in [5, 5.41) is 3.75. The van der Waals surface area contributed by atoms with Crippen LogP contribution in [-0.2, 0) is 4.79 Å². The molecule has 0 saturated carbocycles. The SMILES string of the molecule is CC(=O)C(C)c1nc(-c2cc(F)cc(Br)c2)no1. The first-order valence-electron chi connectivity index (χ1n) is 5.28. The quantitative estimate of drug-likeness (QED) is 0.872. The maximum absolute atomic E-state index is 13.2. The van der Waals surface area contributed by atoms with Gasteiger partial charge in [-0.05, 0) is 32.0 Å². The van der Waals surface area contributed by atoms with Crippen LogP contribution in [0, 0.1) is 5.82 Å². The van der Waals surface area contributed by atoms with Crippen LogP contribution in [0.1, 0.15) is 25.7 Å². The molecule has 1 aromatic heterocycles. The van der Waals surface area contributed by atoms with Gasteiger partial charge < -0.3 is 4.52 Å². The van der Waals surface area contributed by atoms with Gasteiger partial charge in [0, 0.05) is 10.0 Å². The van der Waals surface area contributed by atoms with E-state index >= 15 is 0 Å². The summed E-state index contributed by atoms with van der Waals surface area (Å²) >= 11 is 3.19. The first kappa shape index (κ1) is 12.9. The van der Waals surface area contributed by atoms with Gasteiger partial charge in [-0.1, -0.05) is 21.1 Å². The smallest absolute Gasteiger partial charge is 0.237 e. The molecule has 0 amide bonds. The standard InChI is InChI=1S/C12H10BrFN2O2/c1-6(7(2)17)12-15-11(16-18-12)8-3-9(13)5-10(14)4-8/h3-6H,1-2H3. The van der Waals surface area contributed by atoms with Crippen LogP contribution in [0.4, 0.5) is 4.39 Å². The lowest BCUT2D eigenvalue weighted by Gasteiger charge is -1.98. The van der Waals surface area contributed by atoms with E-state index in [0.29, 0.717) is 10.0 Å². The lowest BCUT2D eigenvalue weighted by Crippen LogP contribution is -2.04. The minimum absolute atomic E-state index is 0.0642. The molecule has 0 aliphatic carbocycles. The summed E-state index contributed by atoms with van der Waals surface area (Å²) in [4.78, 5) is 15.3. The number of hydrogen-bond acceptors (Lipinski definition) is 4. The summed E-state index contributed by atoms with van der Waals surface area (Å²) in [7, 11) is 0. The second kappa shape index (κ2) is 4.97. The van der Waals surface area contributed by atoms with Crippen LogP contribution in [0.15, 0.2) is 27.2 Å². The highest BCUT2D eigenvalue weighted by Crippen LogP contribution is 2.24. The summed E-state index contributed by atoms with van der Waals surface area (Å²) in [6, 6.07) is 4.32. The van der Waals surface area contributed by atoms with E-state index in [2.05, 4.69) is 26.1 Å². The van der Waals surface area contributed by atoms with Crippen molar-refractivity contribution in [1.29, 1.82) is 0 Å². The van der Waals surface area contributed by atoms with Crippen molar-refractivity contribution in [3.8, 4) is 11.4 Å². The van der Waals surface area contributed by atoms with Crippen LogP contribution >= 0.6 is 15.9 Å². The fourth-order valence-corrected chi connectivity index (χ4v) is 1.85. The zero-order valence-corrected chi connectivity index (χ0v) is 11.4. The molecule has 0 bridgehead atoms. The van der Waals surface area contributed by atoms with Gasteiger partial charge in [0.1, 0.15) is 11.6 Å². The number of ketones is 1. The van der Waals surface area contributed by atoms with Crippen molar-refractivity contribution in [1.82, 2.24) is 10.1 Å². The van der Waals surface area contributed by atoms with Gasteiger partial charge >= 0.3 is 0 Å². The predicted octanol–water partition coefficient (Wildman–Crippen LogP) is 3.33. The first-order chi connectivity index (χ1) is 8.47. The van der Waals surface area contributed by atoms with E-state index < -0.39 is 11.7 Å². The van der Waals surface area contributed by atoms with Crippen molar-refractivity contribution in [2.45, 2.75) is 19.8 Å². The molecular weight excluding hydrogens is 303 g/mol. The van der Waals surface area contributed by atoms with Crippen LogP contribution < -0.4 is 0 Å². The zero-order chi connectivity index (χ0) is 13.3. The molecule has 0 aliphatic heterocycles. The lowest BCUT2D eigenvalue weighted by atomic mass is 10.1. The van der Waals surface area contributed by atoms with E-state index in [0.717, 1.165) is 0 Å². The average Bonchev–Trinajstić information content (AvgIpc) is 2.75. The molecule has 2 aromatic rings. The fourth-order valence-electron chi connectivity index (χ4n) is 1.39. The number of benzene rings is 1. The third-order valence-corrected chi connectivity index (χ3v) is 3.00. The minimum atomic E-state index is -0.455. The number of halogens is 2. The molecular formula is C12H10BrFN2O2. The van der Waals surface area contributed by atoms with Gasteiger partial charge in [0.15, 0.2) is 0 Å². The van der Waals surface area contributed by atoms with Crippen molar-refractivity contribution < 1.29 is 13.7 Å². The third kappa shape index (κ3) is 2.64. The number of hydrogen-bond donors (Lipinski definition) is 0. The van der Waals surface area contributed by atoms with Crippen molar-refractivity contribution in [3.63, 3.8) is 0 Å². The van der Waals surface area contributed by atoms with Crippen LogP contribution in [-0.4, -0.2) is 15.9 Å². The van der Waals surface area contributed by atoms with Crippen molar-refractivity contribution >= 4 is 21.7 Å². The molecule has 1 aromatic carbocycles. The molecule has 1 atom stereocenters. The molecule has 0 fully saturated rings. The fraction of sp³-hybridized carbons (Fsp3) is 0.250. The van der Waals surface area contributed by atoms with Crippen molar-refractivity contribution in [2.75, 3.05) is 0 Å². The third-order valence-electron chi connectivity index (χ3n) is 2.54. The summed E-state index contributed by atoms with van der Waals surface area (Å²) < 4.78 is 18.8. The number of rotatable bonds is 3. The van der Waals surface area contributed by atoms with Gasteiger partial charge in [0.05, 0.1) is 5.92 Å². The molecule has 94 valence electrons. The number of carbonyl (C=O) groups excluding carboxylic acids is 1. The Labute approximate surface area is 111 Å².